The van der Waals surface area contributed by atoms with E-state index in [1.54, 1.807) is 30.0 Å². The molecule has 0 spiro atoms. The minimum atomic E-state index is -0.103. The molecule has 2 aromatic carbocycles. The van der Waals surface area contributed by atoms with E-state index in [0.717, 1.165) is 22.7 Å². The van der Waals surface area contributed by atoms with Gasteiger partial charge in [-0.2, -0.15) is 0 Å². The highest BCUT2D eigenvalue weighted by Crippen LogP contribution is 2.29. The maximum absolute atomic E-state index is 12.1. The molecule has 130 valence electrons. The first kappa shape index (κ1) is 18.3. The average Bonchev–Trinajstić information content (AvgIpc) is 2.58. The van der Waals surface area contributed by atoms with Gasteiger partial charge in [-0.3, -0.25) is 9.69 Å². The van der Waals surface area contributed by atoms with Gasteiger partial charge in [0.05, 0.1) is 22.5 Å². The zero-order chi connectivity index (χ0) is 17.8. The second-order valence-electron chi connectivity index (χ2n) is 5.69. The fourth-order valence-electron chi connectivity index (χ4n) is 2.44. The van der Waals surface area contributed by atoms with E-state index in [1.807, 2.05) is 31.3 Å². The quantitative estimate of drug-likeness (QED) is 0.628. The second-order valence-corrected chi connectivity index (χ2v) is 7.67. The first-order valence-electron chi connectivity index (χ1n) is 7.77. The van der Waals surface area contributed by atoms with Crippen LogP contribution in [-0.4, -0.2) is 34.2 Å². The zero-order valence-electron chi connectivity index (χ0n) is 13.6. The van der Waals surface area contributed by atoms with Gasteiger partial charge in [0.1, 0.15) is 5.82 Å². The number of thioether (sulfide) groups is 1. The Morgan fingerprint density at radius 2 is 2.00 bits per heavy atom. The number of hydrogen-bond donors (Lipinski definition) is 1. The van der Waals surface area contributed by atoms with Crippen molar-refractivity contribution in [3.63, 3.8) is 0 Å². The fourth-order valence-corrected chi connectivity index (χ4v) is 4.00. The van der Waals surface area contributed by atoms with E-state index in [-0.39, 0.29) is 5.56 Å². The van der Waals surface area contributed by atoms with E-state index in [4.69, 9.17) is 23.2 Å². The van der Waals surface area contributed by atoms with Gasteiger partial charge in [0, 0.05) is 22.2 Å². The Labute approximate surface area is 160 Å². The molecule has 1 aromatic heterocycles. The molecule has 0 aliphatic carbocycles. The summed E-state index contributed by atoms with van der Waals surface area (Å²) in [5, 5.41) is 2.00. The topological polar surface area (TPSA) is 49.0 Å². The Hall–Kier alpha value is -1.53. The Bertz CT molecular complexity index is 945. The summed E-state index contributed by atoms with van der Waals surface area (Å²) in [5.41, 5.74) is 0.615. The van der Waals surface area contributed by atoms with Crippen molar-refractivity contribution >= 4 is 45.9 Å². The van der Waals surface area contributed by atoms with Gasteiger partial charge < -0.3 is 4.98 Å². The van der Waals surface area contributed by atoms with Gasteiger partial charge in [-0.1, -0.05) is 35.3 Å². The van der Waals surface area contributed by atoms with Gasteiger partial charge >= 0.3 is 0 Å². The van der Waals surface area contributed by atoms with Crippen molar-refractivity contribution in [3.8, 4) is 0 Å². The molecule has 0 unspecified atom stereocenters. The highest BCUT2D eigenvalue weighted by Gasteiger charge is 2.07. The number of aromatic nitrogens is 2. The molecule has 25 heavy (non-hydrogen) atoms. The van der Waals surface area contributed by atoms with E-state index in [2.05, 4.69) is 14.9 Å². The highest BCUT2D eigenvalue weighted by atomic mass is 35.5. The lowest BCUT2D eigenvalue weighted by atomic mass is 10.2. The number of benzene rings is 2. The van der Waals surface area contributed by atoms with Gasteiger partial charge in [0.2, 0.25) is 0 Å². The van der Waals surface area contributed by atoms with Gasteiger partial charge in [-0.05, 0) is 37.4 Å². The number of hydrogen-bond acceptors (Lipinski definition) is 4. The monoisotopic (exact) mass is 393 g/mol. The molecule has 3 rings (SSSR count). The van der Waals surface area contributed by atoms with Gasteiger partial charge in [-0.15, -0.1) is 11.8 Å². The number of rotatable bonds is 6. The molecule has 0 fully saturated rings. The van der Waals surface area contributed by atoms with E-state index >= 15 is 0 Å². The molecule has 0 saturated carbocycles. The maximum atomic E-state index is 12.1. The van der Waals surface area contributed by atoms with Crippen LogP contribution in [0.5, 0.6) is 0 Å². The second kappa shape index (κ2) is 8.23. The minimum absolute atomic E-state index is 0.103. The van der Waals surface area contributed by atoms with Gasteiger partial charge in [0.15, 0.2) is 0 Å². The summed E-state index contributed by atoms with van der Waals surface area (Å²) in [5.74, 6) is 1.52. The van der Waals surface area contributed by atoms with Crippen LogP contribution in [0.25, 0.3) is 10.9 Å². The van der Waals surface area contributed by atoms with Gasteiger partial charge in [-0.25, -0.2) is 4.98 Å². The van der Waals surface area contributed by atoms with Crippen LogP contribution >= 0.6 is 35.0 Å². The standard InChI is InChI=1S/C18H17Cl2N3OS/c1-23(8-9-25-16-10-12(19)6-7-14(16)20)11-17-21-15-5-3-2-4-13(15)18(24)22-17/h2-7,10H,8-9,11H2,1H3,(H,21,22,24). The first-order chi connectivity index (χ1) is 12.0. The average molecular weight is 394 g/mol. The summed E-state index contributed by atoms with van der Waals surface area (Å²) >= 11 is 13.8. The van der Waals surface area contributed by atoms with Crippen LogP contribution < -0.4 is 5.56 Å². The van der Waals surface area contributed by atoms with E-state index in [1.165, 1.54) is 0 Å². The van der Waals surface area contributed by atoms with Gasteiger partial charge in [0.25, 0.3) is 5.56 Å². The molecular weight excluding hydrogens is 377 g/mol. The van der Waals surface area contributed by atoms with Crippen LogP contribution in [0.2, 0.25) is 10.0 Å². The van der Waals surface area contributed by atoms with Crippen molar-refractivity contribution in [2.45, 2.75) is 11.4 Å². The zero-order valence-corrected chi connectivity index (χ0v) is 16.0. The largest absolute Gasteiger partial charge is 0.309 e. The van der Waals surface area contributed by atoms with Crippen molar-refractivity contribution in [3.05, 3.63) is 68.7 Å². The summed E-state index contributed by atoms with van der Waals surface area (Å²) in [7, 11) is 2.00. The molecule has 0 bridgehead atoms. The van der Waals surface area contributed by atoms with Crippen molar-refractivity contribution in [1.82, 2.24) is 14.9 Å². The Balaban J connectivity index is 1.60. The normalized spacial score (nSPS) is 11.4. The number of fused-ring (bicyclic) bond motifs is 1. The Morgan fingerprint density at radius 1 is 1.20 bits per heavy atom. The Kier molecular flexibility index (Phi) is 6.02. The first-order valence-corrected chi connectivity index (χ1v) is 9.51. The molecule has 0 aliphatic rings. The fraction of sp³-hybridized carbons (Fsp3) is 0.222. The number of nitrogens with zero attached hydrogens (tertiary/aromatic N) is 2. The summed E-state index contributed by atoms with van der Waals surface area (Å²) in [6.45, 7) is 1.40. The van der Waals surface area contributed by atoms with E-state index in [0.29, 0.717) is 27.8 Å². The lowest BCUT2D eigenvalue weighted by Gasteiger charge is -2.16. The molecule has 0 saturated heterocycles. The molecule has 1 N–H and O–H groups in total. The van der Waals surface area contributed by atoms with Crippen molar-refractivity contribution in [1.29, 1.82) is 0 Å². The third-order valence-electron chi connectivity index (χ3n) is 3.71. The van der Waals surface area contributed by atoms with Crippen molar-refractivity contribution in [2.75, 3.05) is 19.3 Å². The summed E-state index contributed by atoms with van der Waals surface area (Å²) < 4.78 is 0. The number of para-hydroxylation sites is 1. The van der Waals surface area contributed by atoms with E-state index < -0.39 is 0 Å². The smallest absolute Gasteiger partial charge is 0.258 e. The van der Waals surface area contributed by atoms with Crippen molar-refractivity contribution < 1.29 is 0 Å². The maximum Gasteiger partial charge on any atom is 0.258 e. The molecule has 0 radical (unpaired) electrons. The van der Waals surface area contributed by atoms with Crippen LogP contribution in [0.15, 0.2) is 52.2 Å². The predicted octanol–water partition coefficient (Wildman–Crippen LogP) is 4.45. The molecule has 3 aromatic rings. The third-order valence-corrected chi connectivity index (χ3v) is 5.42. The SMILES string of the molecule is CN(CCSc1cc(Cl)ccc1Cl)Cc1nc2ccccc2c(=O)[nH]1. The number of halogens is 2. The molecule has 7 heteroatoms. The Morgan fingerprint density at radius 3 is 2.84 bits per heavy atom. The minimum Gasteiger partial charge on any atom is -0.309 e. The lowest BCUT2D eigenvalue weighted by Crippen LogP contribution is -2.24. The molecule has 4 nitrogen and oxygen atoms in total. The van der Waals surface area contributed by atoms with Crippen molar-refractivity contribution in [2.24, 2.45) is 0 Å². The summed E-state index contributed by atoms with van der Waals surface area (Å²) in [6, 6.07) is 12.8. The van der Waals surface area contributed by atoms with Crippen LogP contribution in [0.1, 0.15) is 5.82 Å². The van der Waals surface area contributed by atoms with Crippen LogP contribution in [0.4, 0.5) is 0 Å². The molecule has 0 atom stereocenters. The molecule has 1 heterocycles. The lowest BCUT2D eigenvalue weighted by molar-refractivity contribution is 0.339. The van der Waals surface area contributed by atoms with Crippen LogP contribution in [0, 0.1) is 0 Å². The highest BCUT2D eigenvalue weighted by molar-refractivity contribution is 7.99. The summed E-state index contributed by atoms with van der Waals surface area (Å²) in [6.07, 6.45) is 0. The number of aromatic amines is 1. The third kappa shape index (κ3) is 4.76. The molecule has 0 aliphatic heterocycles. The molecular formula is C18H17Cl2N3OS. The summed E-state index contributed by atoms with van der Waals surface area (Å²) in [4.78, 5) is 22.6. The van der Waals surface area contributed by atoms with E-state index in [9.17, 15) is 4.79 Å². The number of H-pyrrole nitrogens is 1. The van der Waals surface area contributed by atoms with Crippen LogP contribution in [0.3, 0.4) is 0 Å². The number of nitrogens with one attached hydrogen (secondary N) is 1. The molecule has 0 amide bonds. The van der Waals surface area contributed by atoms with Crippen LogP contribution in [-0.2, 0) is 6.54 Å². The predicted molar refractivity (Wildman–Crippen MR) is 106 cm³/mol.